The highest BCUT2D eigenvalue weighted by molar-refractivity contribution is 6.23. The molecule has 0 radical (unpaired) electrons. The molecule has 0 N–H and O–H groups in total. The Morgan fingerprint density at radius 3 is 2.35 bits per heavy atom. The van der Waals surface area contributed by atoms with Gasteiger partial charge in [-0.2, -0.15) is 15.5 Å². The molecule has 0 aromatic heterocycles. The number of ether oxygens (including phenoxy) is 1. The average molecular weight is 458 g/mol. The molecule has 4 rings (SSSR count). The second-order valence-electron chi connectivity index (χ2n) is 9.19. The number of nitrogens with zero attached hydrogens (tertiary/aromatic N) is 5. The third kappa shape index (κ3) is 5.52. The molecular formula is C27H31N5O2. The Bertz CT molecular complexity index is 1110. The molecule has 0 bridgehead atoms. The van der Waals surface area contributed by atoms with Crippen LogP contribution >= 0.6 is 0 Å². The molecule has 1 saturated heterocycles. The largest absolute Gasteiger partial charge is 0.457 e. The predicted octanol–water partition coefficient (Wildman–Crippen LogP) is 4.49. The fraction of sp³-hybridized carbons (Fsp3) is 0.407. The molecule has 1 atom stereocenters. The topological polar surface area (TPSA) is 81.3 Å². The second-order valence-corrected chi connectivity index (χ2v) is 9.19. The summed E-state index contributed by atoms with van der Waals surface area (Å²) in [5.74, 6) is 1.52. The van der Waals surface area contributed by atoms with Crippen molar-refractivity contribution in [2.45, 2.75) is 33.7 Å². The van der Waals surface area contributed by atoms with Gasteiger partial charge in [0.2, 0.25) is 5.91 Å². The molecule has 2 heterocycles. The molecule has 0 saturated carbocycles. The Labute approximate surface area is 201 Å². The van der Waals surface area contributed by atoms with Crippen molar-refractivity contribution in [1.29, 1.82) is 5.26 Å². The van der Waals surface area contributed by atoms with E-state index in [1.54, 1.807) is 24.3 Å². The van der Waals surface area contributed by atoms with Crippen LogP contribution in [0.15, 0.2) is 58.7 Å². The number of carbonyl (C=O) groups is 1. The fourth-order valence-electron chi connectivity index (χ4n) is 4.41. The molecule has 2 aromatic carbocycles. The van der Waals surface area contributed by atoms with Gasteiger partial charge in [0.1, 0.15) is 17.4 Å². The van der Waals surface area contributed by atoms with Crippen LogP contribution in [0.3, 0.4) is 0 Å². The van der Waals surface area contributed by atoms with E-state index in [1.165, 1.54) is 5.56 Å². The normalized spacial score (nSPS) is 18.8. The first-order valence-corrected chi connectivity index (χ1v) is 11.8. The van der Waals surface area contributed by atoms with Gasteiger partial charge in [-0.1, -0.05) is 26.0 Å². The van der Waals surface area contributed by atoms with Gasteiger partial charge in [0.05, 0.1) is 23.1 Å². The monoisotopic (exact) mass is 457 g/mol. The molecule has 34 heavy (non-hydrogen) atoms. The lowest BCUT2D eigenvalue weighted by Gasteiger charge is -2.26. The Balaban J connectivity index is 1.31. The minimum absolute atomic E-state index is 0.136. The van der Waals surface area contributed by atoms with E-state index in [2.05, 4.69) is 47.2 Å². The van der Waals surface area contributed by atoms with E-state index in [-0.39, 0.29) is 17.7 Å². The zero-order valence-corrected chi connectivity index (χ0v) is 20.1. The van der Waals surface area contributed by atoms with Crippen LogP contribution < -0.4 is 4.74 Å². The molecule has 0 spiro atoms. The van der Waals surface area contributed by atoms with Crippen LogP contribution in [0.25, 0.3) is 0 Å². The molecule has 2 aromatic rings. The highest BCUT2D eigenvalue weighted by atomic mass is 16.5. The maximum absolute atomic E-state index is 13.3. The van der Waals surface area contributed by atoms with E-state index >= 15 is 0 Å². The van der Waals surface area contributed by atoms with E-state index in [9.17, 15) is 4.79 Å². The number of hydrogen-bond acceptors (Lipinski definition) is 6. The summed E-state index contributed by atoms with van der Waals surface area (Å²) in [6, 6.07) is 17.3. The summed E-state index contributed by atoms with van der Waals surface area (Å²) < 4.78 is 5.88. The Kier molecular flexibility index (Phi) is 7.39. The van der Waals surface area contributed by atoms with Crippen molar-refractivity contribution in [1.82, 2.24) is 9.80 Å². The van der Waals surface area contributed by atoms with Crippen molar-refractivity contribution in [3.05, 3.63) is 59.7 Å². The molecule has 1 unspecified atom stereocenters. The molecule has 2 aliphatic rings. The standard InChI is InChI=1S/C27H31N5O2/c1-19(2)26-25(20(3)29-30-26)27(33)32-14-4-13-31(15-16-32)18-22-7-11-24(12-8-22)34-23-9-5-21(17-28)6-10-23/h5-12,19,25H,4,13-16,18H2,1-3H3. The highest BCUT2D eigenvalue weighted by Gasteiger charge is 2.36. The molecule has 1 fully saturated rings. The van der Waals surface area contributed by atoms with Gasteiger partial charge < -0.3 is 9.64 Å². The van der Waals surface area contributed by atoms with Crippen molar-refractivity contribution in [2.75, 3.05) is 26.2 Å². The van der Waals surface area contributed by atoms with Crippen molar-refractivity contribution in [3.63, 3.8) is 0 Å². The van der Waals surface area contributed by atoms with Gasteiger partial charge in [-0.15, -0.1) is 0 Å². The summed E-state index contributed by atoms with van der Waals surface area (Å²) in [4.78, 5) is 17.7. The fourth-order valence-corrected chi connectivity index (χ4v) is 4.41. The number of benzene rings is 2. The van der Waals surface area contributed by atoms with Gasteiger partial charge in [0.25, 0.3) is 0 Å². The summed E-state index contributed by atoms with van der Waals surface area (Å²) in [6.45, 7) is 10.1. The zero-order valence-electron chi connectivity index (χ0n) is 20.1. The predicted molar refractivity (Wildman–Crippen MR) is 133 cm³/mol. The van der Waals surface area contributed by atoms with Crippen LogP contribution in [0.5, 0.6) is 11.5 Å². The Hall–Kier alpha value is -3.50. The first-order chi connectivity index (χ1) is 16.4. The number of carbonyl (C=O) groups excluding carboxylic acids is 1. The third-order valence-corrected chi connectivity index (χ3v) is 6.32. The molecular weight excluding hydrogens is 426 g/mol. The number of rotatable bonds is 6. The van der Waals surface area contributed by atoms with Gasteiger partial charge in [-0.05, 0) is 61.2 Å². The highest BCUT2D eigenvalue weighted by Crippen LogP contribution is 2.24. The molecule has 1 amide bonds. The zero-order chi connectivity index (χ0) is 24.1. The molecule has 7 heteroatoms. The molecule has 2 aliphatic heterocycles. The lowest BCUT2D eigenvalue weighted by molar-refractivity contribution is -0.131. The van der Waals surface area contributed by atoms with Crippen molar-refractivity contribution in [3.8, 4) is 17.6 Å². The van der Waals surface area contributed by atoms with Crippen LogP contribution in [-0.2, 0) is 11.3 Å². The van der Waals surface area contributed by atoms with Gasteiger partial charge >= 0.3 is 0 Å². The number of hydrogen-bond donors (Lipinski definition) is 0. The lowest BCUT2D eigenvalue weighted by atomic mass is 9.90. The molecule has 176 valence electrons. The van der Waals surface area contributed by atoms with Gasteiger partial charge in [0, 0.05) is 32.7 Å². The third-order valence-electron chi connectivity index (χ3n) is 6.32. The smallest absolute Gasteiger partial charge is 0.237 e. The molecule has 0 aliphatic carbocycles. The average Bonchev–Trinajstić information content (AvgIpc) is 3.08. The summed E-state index contributed by atoms with van der Waals surface area (Å²) in [6.07, 6.45) is 0.947. The van der Waals surface area contributed by atoms with Crippen LogP contribution in [0.4, 0.5) is 0 Å². The summed E-state index contributed by atoms with van der Waals surface area (Å²) in [5.41, 5.74) is 3.51. The van der Waals surface area contributed by atoms with Crippen LogP contribution in [-0.4, -0.2) is 53.3 Å². The Morgan fingerprint density at radius 2 is 1.71 bits per heavy atom. The quantitative estimate of drug-likeness (QED) is 0.640. The van der Waals surface area contributed by atoms with E-state index in [0.29, 0.717) is 17.9 Å². The van der Waals surface area contributed by atoms with E-state index in [4.69, 9.17) is 10.00 Å². The second kappa shape index (κ2) is 10.6. The van der Waals surface area contributed by atoms with Crippen LogP contribution in [0, 0.1) is 23.2 Å². The van der Waals surface area contributed by atoms with Gasteiger partial charge in [0.15, 0.2) is 0 Å². The number of amides is 1. The molecule has 7 nitrogen and oxygen atoms in total. The van der Waals surface area contributed by atoms with Gasteiger partial charge in [-0.25, -0.2) is 0 Å². The first kappa shape index (κ1) is 23.7. The van der Waals surface area contributed by atoms with Crippen LogP contribution in [0.1, 0.15) is 38.3 Å². The van der Waals surface area contributed by atoms with Gasteiger partial charge in [-0.3, -0.25) is 9.69 Å². The Morgan fingerprint density at radius 1 is 1.03 bits per heavy atom. The van der Waals surface area contributed by atoms with Crippen molar-refractivity contribution in [2.24, 2.45) is 22.0 Å². The minimum atomic E-state index is -0.296. The summed E-state index contributed by atoms with van der Waals surface area (Å²) in [7, 11) is 0. The minimum Gasteiger partial charge on any atom is -0.457 e. The van der Waals surface area contributed by atoms with E-state index in [0.717, 1.165) is 49.8 Å². The van der Waals surface area contributed by atoms with Crippen molar-refractivity contribution < 1.29 is 9.53 Å². The van der Waals surface area contributed by atoms with Crippen molar-refractivity contribution >= 4 is 17.3 Å². The lowest BCUT2D eigenvalue weighted by Crippen LogP contribution is -2.44. The first-order valence-electron chi connectivity index (χ1n) is 11.8. The van der Waals surface area contributed by atoms with Crippen LogP contribution in [0.2, 0.25) is 0 Å². The van der Waals surface area contributed by atoms with E-state index in [1.807, 2.05) is 24.0 Å². The van der Waals surface area contributed by atoms with E-state index < -0.39 is 0 Å². The SMILES string of the molecule is CC1=NN=C(C(C)C)C1C(=O)N1CCCN(Cc2ccc(Oc3ccc(C#N)cc3)cc2)CC1. The number of nitriles is 1. The maximum atomic E-state index is 13.3. The maximum Gasteiger partial charge on any atom is 0.237 e. The summed E-state index contributed by atoms with van der Waals surface area (Å²) >= 11 is 0. The summed E-state index contributed by atoms with van der Waals surface area (Å²) in [5, 5.41) is 17.4.